The fraction of sp³-hybridized carbons (Fsp3) is 0.750. The van der Waals surface area contributed by atoms with Crippen molar-refractivity contribution >= 4 is 5.82 Å². The lowest BCUT2D eigenvalue weighted by Gasteiger charge is -2.28. The SMILES string of the molecule is CN1CCC(c2nn(C)c3c2CCN3)CC1. The average molecular weight is 220 g/mol. The molecular weight excluding hydrogens is 200 g/mol. The van der Waals surface area contributed by atoms with Gasteiger partial charge in [0.25, 0.3) is 0 Å². The normalized spacial score (nSPS) is 22.1. The summed E-state index contributed by atoms with van der Waals surface area (Å²) in [5.41, 5.74) is 2.85. The topological polar surface area (TPSA) is 33.1 Å². The second kappa shape index (κ2) is 3.77. The molecule has 0 aromatic carbocycles. The molecule has 2 aliphatic heterocycles. The van der Waals surface area contributed by atoms with Crippen molar-refractivity contribution in [3.63, 3.8) is 0 Å². The first-order valence-corrected chi connectivity index (χ1v) is 6.24. The average Bonchev–Trinajstić information content (AvgIpc) is 2.84. The predicted octanol–water partition coefficient (Wildman–Crippen LogP) is 1.20. The second-order valence-corrected chi connectivity index (χ2v) is 5.09. The zero-order valence-electron chi connectivity index (χ0n) is 10.2. The van der Waals surface area contributed by atoms with Gasteiger partial charge in [-0.1, -0.05) is 0 Å². The fourth-order valence-electron chi connectivity index (χ4n) is 2.97. The molecule has 2 aliphatic rings. The summed E-state index contributed by atoms with van der Waals surface area (Å²) in [6.45, 7) is 3.51. The zero-order chi connectivity index (χ0) is 11.1. The number of likely N-dealkylation sites (tertiary alicyclic amines) is 1. The molecule has 0 amide bonds. The summed E-state index contributed by atoms with van der Waals surface area (Å²) >= 11 is 0. The fourth-order valence-corrected chi connectivity index (χ4v) is 2.97. The van der Waals surface area contributed by atoms with E-state index in [-0.39, 0.29) is 0 Å². The number of rotatable bonds is 1. The van der Waals surface area contributed by atoms with Gasteiger partial charge < -0.3 is 10.2 Å². The van der Waals surface area contributed by atoms with E-state index in [0.29, 0.717) is 5.92 Å². The molecule has 16 heavy (non-hydrogen) atoms. The summed E-state index contributed by atoms with van der Waals surface area (Å²) in [5.74, 6) is 1.94. The number of hydrogen-bond donors (Lipinski definition) is 1. The number of nitrogens with zero attached hydrogens (tertiary/aromatic N) is 3. The maximum atomic E-state index is 4.72. The minimum atomic E-state index is 0.686. The van der Waals surface area contributed by atoms with Crippen LogP contribution < -0.4 is 5.32 Å². The number of fused-ring (bicyclic) bond motifs is 1. The van der Waals surface area contributed by atoms with E-state index in [0.717, 1.165) is 13.0 Å². The number of anilines is 1. The van der Waals surface area contributed by atoms with Crippen LogP contribution in [-0.4, -0.2) is 41.4 Å². The van der Waals surface area contributed by atoms with Gasteiger partial charge >= 0.3 is 0 Å². The van der Waals surface area contributed by atoms with Gasteiger partial charge in [-0.05, 0) is 39.4 Å². The van der Waals surface area contributed by atoms with Crippen molar-refractivity contribution < 1.29 is 0 Å². The van der Waals surface area contributed by atoms with Crippen LogP contribution in [0.1, 0.15) is 30.0 Å². The van der Waals surface area contributed by atoms with Crippen molar-refractivity contribution in [2.24, 2.45) is 7.05 Å². The van der Waals surface area contributed by atoms with Crippen LogP contribution in [0.5, 0.6) is 0 Å². The zero-order valence-corrected chi connectivity index (χ0v) is 10.2. The van der Waals surface area contributed by atoms with Gasteiger partial charge in [0.1, 0.15) is 5.82 Å². The first-order chi connectivity index (χ1) is 7.75. The van der Waals surface area contributed by atoms with E-state index in [1.54, 1.807) is 0 Å². The Balaban J connectivity index is 1.87. The molecule has 1 aromatic rings. The van der Waals surface area contributed by atoms with Gasteiger partial charge in [0, 0.05) is 25.1 Å². The number of nitrogens with one attached hydrogen (secondary N) is 1. The predicted molar refractivity (Wildman–Crippen MR) is 64.9 cm³/mol. The van der Waals surface area contributed by atoms with E-state index in [1.165, 1.54) is 43.0 Å². The summed E-state index contributed by atoms with van der Waals surface area (Å²) in [7, 11) is 4.26. The molecule has 0 spiro atoms. The Morgan fingerprint density at radius 1 is 1.25 bits per heavy atom. The Hall–Kier alpha value is -1.03. The van der Waals surface area contributed by atoms with Crippen molar-refractivity contribution in [2.45, 2.75) is 25.2 Å². The summed E-state index contributed by atoms with van der Waals surface area (Å²) < 4.78 is 2.02. The summed E-state index contributed by atoms with van der Waals surface area (Å²) in [6.07, 6.45) is 3.69. The minimum absolute atomic E-state index is 0.686. The first-order valence-electron chi connectivity index (χ1n) is 6.24. The van der Waals surface area contributed by atoms with Crippen molar-refractivity contribution in [1.82, 2.24) is 14.7 Å². The number of hydrogen-bond acceptors (Lipinski definition) is 3. The maximum Gasteiger partial charge on any atom is 0.127 e. The third-order valence-electron chi connectivity index (χ3n) is 3.95. The molecule has 0 bridgehead atoms. The van der Waals surface area contributed by atoms with Crippen molar-refractivity contribution in [3.05, 3.63) is 11.3 Å². The van der Waals surface area contributed by atoms with Crippen LogP contribution in [0, 0.1) is 0 Å². The van der Waals surface area contributed by atoms with Gasteiger partial charge in [0.05, 0.1) is 5.69 Å². The van der Waals surface area contributed by atoms with Crippen molar-refractivity contribution in [2.75, 3.05) is 32.0 Å². The smallest absolute Gasteiger partial charge is 0.127 e. The van der Waals surface area contributed by atoms with Gasteiger partial charge in [-0.15, -0.1) is 0 Å². The molecule has 1 saturated heterocycles. The molecule has 0 atom stereocenters. The van der Waals surface area contributed by atoms with E-state index in [4.69, 9.17) is 5.10 Å². The Morgan fingerprint density at radius 3 is 2.75 bits per heavy atom. The first kappa shape index (κ1) is 10.1. The van der Waals surface area contributed by atoms with Crippen LogP contribution in [-0.2, 0) is 13.5 Å². The van der Waals surface area contributed by atoms with Gasteiger partial charge in [0.15, 0.2) is 0 Å². The lowest BCUT2D eigenvalue weighted by molar-refractivity contribution is 0.252. The molecular formula is C12H20N4. The lowest BCUT2D eigenvalue weighted by atomic mass is 9.91. The van der Waals surface area contributed by atoms with Gasteiger partial charge in [0.2, 0.25) is 0 Å². The quantitative estimate of drug-likeness (QED) is 0.772. The van der Waals surface area contributed by atoms with Crippen molar-refractivity contribution in [3.8, 4) is 0 Å². The highest BCUT2D eigenvalue weighted by atomic mass is 15.3. The lowest BCUT2D eigenvalue weighted by Crippen LogP contribution is -2.29. The standard InChI is InChI=1S/C12H20N4/c1-15-7-4-9(5-8-15)11-10-3-6-13-12(10)16(2)14-11/h9,13H,3-8H2,1-2H3. The maximum absolute atomic E-state index is 4.72. The minimum Gasteiger partial charge on any atom is -0.370 e. The monoisotopic (exact) mass is 220 g/mol. The second-order valence-electron chi connectivity index (χ2n) is 5.09. The van der Waals surface area contributed by atoms with Crippen molar-refractivity contribution in [1.29, 1.82) is 0 Å². The van der Waals surface area contributed by atoms with Crippen LogP contribution in [0.2, 0.25) is 0 Å². The Bertz CT molecular complexity index is 388. The molecule has 3 heterocycles. The molecule has 88 valence electrons. The van der Waals surface area contributed by atoms with Crippen LogP contribution in [0.4, 0.5) is 5.82 Å². The van der Waals surface area contributed by atoms with Crippen LogP contribution >= 0.6 is 0 Å². The molecule has 4 heteroatoms. The molecule has 1 fully saturated rings. The Morgan fingerprint density at radius 2 is 2.00 bits per heavy atom. The molecule has 0 unspecified atom stereocenters. The molecule has 1 aromatic heterocycles. The summed E-state index contributed by atoms with van der Waals surface area (Å²) in [5, 5.41) is 8.14. The third kappa shape index (κ3) is 1.52. The summed E-state index contributed by atoms with van der Waals surface area (Å²) in [6, 6.07) is 0. The molecule has 0 saturated carbocycles. The highest BCUT2D eigenvalue weighted by Crippen LogP contribution is 2.34. The highest BCUT2D eigenvalue weighted by Gasteiger charge is 2.28. The van der Waals surface area contributed by atoms with Gasteiger partial charge in [-0.3, -0.25) is 4.68 Å². The molecule has 1 N–H and O–H groups in total. The molecule has 0 aliphatic carbocycles. The third-order valence-corrected chi connectivity index (χ3v) is 3.95. The highest BCUT2D eigenvalue weighted by molar-refractivity contribution is 5.53. The van der Waals surface area contributed by atoms with E-state index >= 15 is 0 Å². The summed E-state index contributed by atoms with van der Waals surface area (Å²) in [4.78, 5) is 2.41. The number of piperidine rings is 1. The molecule has 0 radical (unpaired) electrons. The molecule has 3 rings (SSSR count). The Labute approximate surface area is 96.6 Å². The van der Waals surface area contributed by atoms with Crippen LogP contribution in [0.3, 0.4) is 0 Å². The largest absolute Gasteiger partial charge is 0.370 e. The van der Waals surface area contributed by atoms with Gasteiger partial charge in [-0.2, -0.15) is 5.10 Å². The van der Waals surface area contributed by atoms with E-state index in [1.807, 2.05) is 4.68 Å². The van der Waals surface area contributed by atoms with Crippen LogP contribution in [0.15, 0.2) is 0 Å². The number of aryl methyl sites for hydroxylation is 1. The van der Waals surface area contributed by atoms with Crippen LogP contribution in [0.25, 0.3) is 0 Å². The van der Waals surface area contributed by atoms with E-state index in [9.17, 15) is 0 Å². The number of aromatic nitrogens is 2. The Kier molecular flexibility index (Phi) is 2.39. The van der Waals surface area contributed by atoms with E-state index < -0.39 is 0 Å². The van der Waals surface area contributed by atoms with E-state index in [2.05, 4.69) is 24.3 Å². The van der Waals surface area contributed by atoms with Gasteiger partial charge in [-0.25, -0.2) is 0 Å². The molecule has 4 nitrogen and oxygen atoms in total.